The maximum Gasteiger partial charge on any atom is 0.410 e. The van der Waals surface area contributed by atoms with Crippen molar-refractivity contribution < 1.29 is 23.8 Å². The maximum absolute atomic E-state index is 12.8. The smallest absolute Gasteiger partial charge is 0.410 e. The van der Waals surface area contributed by atoms with Crippen LogP contribution in [0.5, 0.6) is 11.5 Å². The van der Waals surface area contributed by atoms with Crippen LogP contribution in [0.2, 0.25) is 0 Å². The predicted octanol–water partition coefficient (Wildman–Crippen LogP) is 3.84. The molecule has 0 radical (unpaired) electrons. The molecule has 162 valence electrons. The van der Waals surface area contributed by atoms with Crippen LogP contribution >= 0.6 is 0 Å². The molecular weight excluding hydrogens is 372 g/mol. The van der Waals surface area contributed by atoms with E-state index in [2.05, 4.69) is 5.32 Å². The average molecular weight is 407 g/mol. The van der Waals surface area contributed by atoms with Crippen molar-refractivity contribution in [1.82, 2.24) is 10.2 Å². The summed E-state index contributed by atoms with van der Waals surface area (Å²) in [5, 5.41) is 3.11. The van der Waals surface area contributed by atoms with Crippen LogP contribution in [0.25, 0.3) is 0 Å². The zero-order chi connectivity index (χ0) is 21.8. The molecule has 7 heteroatoms. The van der Waals surface area contributed by atoms with Gasteiger partial charge >= 0.3 is 6.09 Å². The van der Waals surface area contributed by atoms with E-state index in [9.17, 15) is 9.59 Å². The van der Waals surface area contributed by atoms with E-state index < -0.39 is 5.60 Å². The van der Waals surface area contributed by atoms with Crippen molar-refractivity contribution in [2.45, 2.75) is 59.1 Å². The van der Waals surface area contributed by atoms with Crippen molar-refractivity contribution >= 4 is 12.0 Å². The van der Waals surface area contributed by atoms with Crippen molar-refractivity contribution in [3.63, 3.8) is 0 Å². The van der Waals surface area contributed by atoms with Gasteiger partial charge in [-0.3, -0.25) is 4.79 Å². The van der Waals surface area contributed by atoms with Crippen LogP contribution in [0.3, 0.4) is 0 Å². The van der Waals surface area contributed by atoms with Gasteiger partial charge in [0, 0.05) is 19.0 Å². The number of ether oxygens (including phenoxy) is 3. The van der Waals surface area contributed by atoms with Gasteiger partial charge in [-0.15, -0.1) is 0 Å². The number of hydrogen-bond donors (Lipinski definition) is 1. The summed E-state index contributed by atoms with van der Waals surface area (Å²) in [5.41, 5.74) is 1.50. The van der Waals surface area contributed by atoms with Crippen molar-refractivity contribution in [3.8, 4) is 11.5 Å². The Morgan fingerprint density at radius 2 is 1.66 bits per heavy atom. The number of amides is 2. The number of nitrogens with zero attached hydrogens (tertiary/aromatic N) is 1. The topological polar surface area (TPSA) is 77.1 Å². The zero-order valence-electron chi connectivity index (χ0n) is 18.6. The standard InChI is InChI=1S/C22H34N2O5/c1-14-12-18(27-6)19(28-7)13-17(14)15(2)23-20(25)16-8-10-24(11-9-16)21(26)29-22(3,4)5/h12-13,15-16H,8-11H2,1-7H3,(H,23,25). The number of benzene rings is 1. The van der Waals surface area contributed by atoms with Crippen molar-refractivity contribution in [2.24, 2.45) is 5.92 Å². The van der Waals surface area contributed by atoms with E-state index in [0.29, 0.717) is 37.4 Å². The van der Waals surface area contributed by atoms with E-state index in [0.717, 1.165) is 11.1 Å². The third-order valence-corrected chi connectivity index (χ3v) is 5.11. The Morgan fingerprint density at radius 1 is 1.10 bits per heavy atom. The van der Waals surface area contributed by atoms with Gasteiger partial charge in [-0.25, -0.2) is 4.79 Å². The van der Waals surface area contributed by atoms with Crippen LogP contribution in [-0.4, -0.2) is 49.8 Å². The number of hydrogen-bond acceptors (Lipinski definition) is 5. The third-order valence-electron chi connectivity index (χ3n) is 5.11. The van der Waals surface area contributed by atoms with Crippen LogP contribution in [0.4, 0.5) is 4.79 Å². The molecule has 1 N–H and O–H groups in total. The van der Waals surface area contributed by atoms with Crippen molar-refractivity contribution in [2.75, 3.05) is 27.3 Å². The molecule has 0 aromatic heterocycles. The summed E-state index contributed by atoms with van der Waals surface area (Å²) in [6.07, 6.45) is 0.941. The molecule has 1 aromatic carbocycles. The number of rotatable bonds is 5. The lowest BCUT2D eigenvalue weighted by Crippen LogP contribution is -2.45. The molecule has 0 spiro atoms. The summed E-state index contributed by atoms with van der Waals surface area (Å²) in [6.45, 7) is 10.5. The first-order chi connectivity index (χ1) is 13.6. The van der Waals surface area contributed by atoms with Gasteiger partial charge in [0.1, 0.15) is 5.60 Å². The van der Waals surface area contributed by atoms with Crippen LogP contribution in [0.15, 0.2) is 12.1 Å². The molecule has 0 saturated carbocycles. The highest BCUT2D eigenvalue weighted by molar-refractivity contribution is 5.79. The Labute approximate surface area is 173 Å². The highest BCUT2D eigenvalue weighted by atomic mass is 16.6. The van der Waals surface area contributed by atoms with Gasteiger partial charge in [-0.05, 0) is 70.7 Å². The quantitative estimate of drug-likeness (QED) is 0.804. The number of methoxy groups -OCH3 is 2. The number of nitrogens with one attached hydrogen (secondary N) is 1. The second-order valence-electron chi connectivity index (χ2n) is 8.54. The third kappa shape index (κ3) is 6.02. The molecule has 1 atom stereocenters. The summed E-state index contributed by atoms with van der Waals surface area (Å²) < 4.78 is 16.1. The molecule has 1 aliphatic heterocycles. The molecular formula is C22H34N2O5. The maximum atomic E-state index is 12.8. The first kappa shape index (κ1) is 22.8. The van der Waals surface area contributed by atoms with Gasteiger partial charge in [0.2, 0.25) is 5.91 Å². The first-order valence-electron chi connectivity index (χ1n) is 10.1. The highest BCUT2D eigenvalue weighted by Crippen LogP contribution is 2.33. The molecule has 1 aliphatic rings. The molecule has 1 saturated heterocycles. The van der Waals surface area contributed by atoms with E-state index in [1.807, 2.05) is 46.8 Å². The van der Waals surface area contributed by atoms with Crippen molar-refractivity contribution in [1.29, 1.82) is 0 Å². The molecule has 1 aromatic rings. The lowest BCUT2D eigenvalue weighted by molar-refractivity contribution is -0.127. The number of carbonyl (C=O) groups excluding carboxylic acids is 2. The predicted molar refractivity (Wildman–Crippen MR) is 111 cm³/mol. The molecule has 7 nitrogen and oxygen atoms in total. The fourth-order valence-corrected chi connectivity index (χ4v) is 3.52. The summed E-state index contributed by atoms with van der Waals surface area (Å²) in [5.74, 6) is 1.20. The summed E-state index contributed by atoms with van der Waals surface area (Å²) in [6, 6.07) is 3.66. The summed E-state index contributed by atoms with van der Waals surface area (Å²) in [4.78, 5) is 26.6. The Morgan fingerprint density at radius 3 is 2.17 bits per heavy atom. The lowest BCUT2D eigenvalue weighted by Gasteiger charge is -2.33. The zero-order valence-corrected chi connectivity index (χ0v) is 18.6. The fourth-order valence-electron chi connectivity index (χ4n) is 3.52. The van der Waals surface area contributed by atoms with E-state index in [-0.39, 0.29) is 24.0 Å². The van der Waals surface area contributed by atoms with Crippen molar-refractivity contribution in [3.05, 3.63) is 23.3 Å². The molecule has 29 heavy (non-hydrogen) atoms. The van der Waals surface area contributed by atoms with E-state index in [4.69, 9.17) is 14.2 Å². The first-order valence-corrected chi connectivity index (χ1v) is 10.1. The minimum atomic E-state index is -0.516. The van der Waals surface area contributed by atoms with Crippen LogP contribution in [0.1, 0.15) is 57.7 Å². The Bertz CT molecular complexity index is 733. The molecule has 1 unspecified atom stereocenters. The Hall–Kier alpha value is -2.44. The van der Waals surface area contributed by atoms with Gasteiger partial charge in [0.15, 0.2) is 11.5 Å². The van der Waals surface area contributed by atoms with Gasteiger partial charge in [0.25, 0.3) is 0 Å². The lowest BCUT2D eigenvalue weighted by atomic mass is 9.94. The number of aryl methyl sites for hydroxylation is 1. The number of likely N-dealkylation sites (tertiary alicyclic amines) is 1. The normalized spacial score (nSPS) is 16.2. The summed E-state index contributed by atoms with van der Waals surface area (Å²) in [7, 11) is 3.20. The molecule has 0 bridgehead atoms. The number of piperidine rings is 1. The van der Waals surface area contributed by atoms with Gasteiger partial charge in [-0.1, -0.05) is 0 Å². The van der Waals surface area contributed by atoms with Crippen LogP contribution < -0.4 is 14.8 Å². The second-order valence-corrected chi connectivity index (χ2v) is 8.54. The van der Waals surface area contributed by atoms with Crippen LogP contribution in [-0.2, 0) is 9.53 Å². The molecule has 2 rings (SSSR count). The molecule has 2 amide bonds. The minimum Gasteiger partial charge on any atom is -0.493 e. The molecule has 1 heterocycles. The molecule has 1 fully saturated rings. The van der Waals surface area contributed by atoms with Crippen LogP contribution in [0, 0.1) is 12.8 Å². The van der Waals surface area contributed by atoms with Gasteiger partial charge < -0.3 is 24.4 Å². The largest absolute Gasteiger partial charge is 0.493 e. The average Bonchev–Trinajstić information content (AvgIpc) is 2.66. The van der Waals surface area contributed by atoms with E-state index in [1.165, 1.54) is 0 Å². The second kappa shape index (κ2) is 9.37. The minimum absolute atomic E-state index is 0.00974. The van der Waals surface area contributed by atoms with Gasteiger partial charge in [-0.2, -0.15) is 0 Å². The fraction of sp³-hybridized carbons (Fsp3) is 0.636. The van der Waals surface area contributed by atoms with E-state index >= 15 is 0 Å². The molecule has 0 aliphatic carbocycles. The van der Waals surface area contributed by atoms with Gasteiger partial charge in [0.05, 0.1) is 20.3 Å². The monoisotopic (exact) mass is 406 g/mol. The Balaban J connectivity index is 1.95. The number of carbonyl (C=O) groups is 2. The van der Waals surface area contributed by atoms with E-state index in [1.54, 1.807) is 19.1 Å². The Kier molecular flexibility index (Phi) is 7.38. The summed E-state index contributed by atoms with van der Waals surface area (Å²) >= 11 is 0. The SMILES string of the molecule is COc1cc(C)c(C(C)NC(=O)C2CCN(C(=O)OC(C)(C)C)CC2)cc1OC. The highest BCUT2D eigenvalue weighted by Gasteiger charge is 2.30.